The maximum absolute atomic E-state index is 13.6. The zero-order chi connectivity index (χ0) is 23.1. The first-order valence-electron chi connectivity index (χ1n) is 10.5. The third-order valence-electron chi connectivity index (χ3n) is 5.70. The number of benzene rings is 2. The number of carbonyl (C=O) groups excluding carboxylic acids is 1. The number of anilines is 1. The lowest BCUT2D eigenvalue weighted by atomic mass is 10.0. The van der Waals surface area contributed by atoms with Crippen molar-refractivity contribution < 1.29 is 9.18 Å². The number of hydrogen-bond donors (Lipinski definition) is 2. The van der Waals surface area contributed by atoms with E-state index in [-0.39, 0.29) is 17.8 Å². The highest BCUT2D eigenvalue weighted by atomic mass is 32.1. The van der Waals surface area contributed by atoms with Crippen molar-refractivity contribution in [2.24, 2.45) is 7.05 Å². The number of rotatable bonds is 5. The molecule has 0 fully saturated rings. The minimum absolute atomic E-state index is 0.209. The number of nitrogens with one attached hydrogen (secondary N) is 2. The summed E-state index contributed by atoms with van der Waals surface area (Å²) < 4.78 is 15.5. The number of halogens is 1. The molecule has 166 valence electrons. The second-order valence-corrected chi connectivity index (χ2v) is 8.90. The molecule has 0 saturated carbocycles. The SMILES string of the molecule is CNc1nc2ccc(-c3ccc4c(c3)c(C(=O)NC(C)c3cccc(F)c3)cn4C)nc2s1. The van der Waals surface area contributed by atoms with Gasteiger partial charge in [-0.15, -0.1) is 0 Å². The topological polar surface area (TPSA) is 71.8 Å². The molecule has 2 aromatic carbocycles. The highest BCUT2D eigenvalue weighted by Crippen LogP contribution is 2.30. The molecular weight excluding hydrogens is 437 g/mol. The lowest BCUT2D eigenvalue weighted by Crippen LogP contribution is -2.26. The molecule has 1 amide bonds. The van der Waals surface area contributed by atoms with Gasteiger partial charge in [-0.1, -0.05) is 29.5 Å². The van der Waals surface area contributed by atoms with Crippen molar-refractivity contribution in [2.75, 3.05) is 12.4 Å². The van der Waals surface area contributed by atoms with Crippen LogP contribution in [0.2, 0.25) is 0 Å². The number of fused-ring (bicyclic) bond motifs is 2. The van der Waals surface area contributed by atoms with Crippen LogP contribution in [0.1, 0.15) is 28.9 Å². The lowest BCUT2D eigenvalue weighted by Gasteiger charge is -2.14. The molecule has 1 unspecified atom stereocenters. The number of amides is 1. The van der Waals surface area contributed by atoms with Gasteiger partial charge in [0.15, 0.2) is 5.13 Å². The van der Waals surface area contributed by atoms with E-state index in [1.54, 1.807) is 12.1 Å². The molecular formula is C25H22FN5OS. The van der Waals surface area contributed by atoms with Crippen LogP contribution in [0.15, 0.2) is 60.8 Å². The molecule has 0 aliphatic rings. The largest absolute Gasteiger partial charge is 0.365 e. The van der Waals surface area contributed by atoms with Crippen molar-refractivity contribution in [1.82, 2.24) is 19.9 Å². The minimum Gasteiger partial charge on any atom is -0.365 e. The first-order valence-corrected chi connectivity index (χ1v) is 11.4. The molecule has 0 aliphatic carbocycles. The lowest BCUT2D eigenvalue weighted by molar-refractivity contribution is 0.0941. The van der Waals surface area contributed by atoms with E-state index in [1.807, 2.05) is 62.1 Å². The van der Waals surface area contributed by atoms with Crippen molar-refractivity contribution in [1.29, 1.82) is 0 Å². The third-order valence-corrected chi connectivity index (χ3v) is 6.68. The van der Waals surface area contributed by atoms with E-state index in [0.29, 0.717) is 11.1 Å². The summed E-state index contributed by atoms with van der Waals surface area (Å²) in [5, 5.41) is 7.70. The molecule has 8 heteroatoms. The van der Waals surface area contributed by atoms with Gasteiger partial charge in [0.25, 0.3) is 5.91 Å². The van der Waals surface area contributed by atoms with Crippen molar-refractivity contribution >= 4 is 43.6 Å². The summed E-state index contributed by atoms with van der Waals surface area (Å²) in [6.07, 6.45) is 1.82. The van der Waals surface area contributed by atoms with E-state index in [0.717, 1.165) is 37.6 Å². The Morgan fingerprint density at radius 2 is 1.97 bits per heavy atom. The summed E-state index contributed by atoms with van der Waals surface area (Å²) in [5.74, 6) is -0.533. The molecule has 0 radical (unpaired) electrons. The second-order valence-electron chi connectivity index (χ2n) is 7.93. The number of carbonyl (C=O) groups is 1. The Kier molecular flexibility index (Phi) is 5.30. The van der Waals surface area contributed by atoms with Crippen LogP contribution < -0.4 is 10.6 Å². The average molecular weight is 460 g/mol. The van der Waals surface area contributed by atoms with Gasteiger partial charge in [-0.3, -0.25) is 4.79 Å². The van der Waals surface area contributed by atoms with Crippen LogP contribution in [-0.4, -0.2) is 27.5 Å². The van der Waals surface area contributed by atoms with Crippen LogP contribution >= 0.6 is 11.3 Å². The van der Waals surface area contributed by atoms with E-state index in [9.17, 15) is 9.18 Å². The van der Waals surface area contributed by atoms with E-state index < -0.39 is 0 Å². The number of aryl methyl sites for hydroxylation is 1. The molecule has 3 heterocycles. The second kappa shape index (κ2) is 8.29. The molecule has 2 N–H and O–H groups in total. The fourth-order valence-corrected chi connectivity index (χ4v) is 4.74. The molecule has 3 aromatic heterocycles. The highest BCUT2D eigenvalue weighted by molar-refractivity contribution is 7.21. The van der Waals surface area contributed by atoms with E-state index in [4.69, 9.17) is 4.98 Å². The maximum atomic E-state index is 13.6. The molecule has 33 heavy (non-hydrogen) atoms. The zero-order valence-electron chi connectivity index (χ0n) is 18.4. The predicted octanol–water partition coefficient (Wildman–Crippen LogP) is 5.52. The summed E-state index contributed by atoms with van der Waals surface area (Å²) in [7, 11) is 3.75. The van der Waals surface area contributed by atoms with Gasteiger partial charge in [0.05, 0.1) is 17.3 Å². The van der Waals surface area contributed by atoms with Gasteiger partial charge in [0, 0.05) is 36.8 Å². The normalized spacial score (nSPS) is 12.2. The van der Waals surface area contributed by atoms with E-state index >= 15 is 0 Å². The van der Waals surface area contributed by atoms with Crippen LogP contribution in [0.4, 0.5) is 9.52 Å². The van der Waals surface area contributed by atoms with Gasteiger partial charge in [-0.05, 0) is 48.9 Å². The van der Waals surface area contributed by atoms with Crippen LogP contribution in [-0.2, 0) is 7.05 Å². The molecule has 6 nitrogen and oxygen atoms in total. The van der Waals surface area contributed by atoms with Crippen molar-refractivity contribution in [3.05, 3.63) is 77.7 Å². The minimum atomic E-state index is -0.330. The fraction of sp³-hybridized carbons (Fsp3) is 0.160. The van der Waals surface area contributed by atoms with E-state index in [1.165, 1.54) is 23.5 Å². The summed E-state index contributed by atoms with van der Waals surface area (Å²) in [5.41, 5.74) is 4.81. The third kappa shape index (κ3) is 3.93. The Morgan fingerprint density at radius 3 is 2.76 bits per heavy atom. The van der Waals surface area contributed by atoms with Gasteiger partial charge < -0.3 is 15.2 Å². The summed E-state index contributed by atoms with van der Waals surface area (Å²) >= 11 is 1.50. The number of hydrogen-bond acceptors (Lipinski definition) is 5. The number of thiazole rings is 1. The molecule has 1 atom stereocenters. The fourth-order valence-electron chi connectivity index (χ4n) is 3.95. The van der Waals surface area contributed by atoms with Gasteiger partial charge in [0.1, 0.15) is 16.2 Å². The van der Waals surface area contributed by atoms with Crippen LogP contribution in [0.5, 0.6) is 0 Å². The van der Waals surface area contributed by atoms with Crippen molar-refractivity contribution in [3.63, 3.8) is 0 Å². The van der Waals surface area contributed by atoms with Crippen LogP contribution in [0.3, 0.4) is 0 Å². The Morgan fingerprint density at radius 1 is 1.12 bits per heavy atom. The number of nitrogens with zero attached hydrogens (tertiary/aromatic N) is 3. The molecule has 0 bridgehead atoms. The van der Waals surface area contributed by atoms with Gasteiger partial charge >= 0.3 is 0 Å². The highest BCUT2D eigenvalue weighted by Gasteiger charge is 2.18. The smallest absolute Gasteiger partial charge is 0.253 e. The Balaban J connectivity index is 1.50. The van der Waals surface area contributed by atoms with Crippen LogP contribution in [0.25, 0.3) is 32.5 Å². The van der Waals surface area contributed by atoms with Gasteiger partial charge in [-0.25, -0.2) is 14.4 Å². The monoisotopic (exact) mass is 459 g/mol. The van der Waals surface area contributed by atoms with Crippen molar-refractivity contribution in [2.45, 2.75) is 13.0 Å². The van der Waals surface area contributed by atoms with Crippen molar-refractivity contribution in [3.8, 4) is 11.3 Å². The number of aromatic nitrogens is 3. The molecule has 5 rings (SSSR count). The van der Waals surface area contributed by atoms with Crippen LogP contribution in [0, 0.1) is 5.82 Å². The zero-order valence-corrected chi connectivity index (χ0v) is 19.2. The maximum Gasteiger partial charge on any atom is 0.253 e. The molecule has 0 saturated heterocycles. The molecule has 0 aliphatic heterocycles. The Bertz CT molecular complexity index is 1510. The summed E-state index contributed by atoms with van der Waals surface area (Å²) in [4.78, 5) is 23.3. The van der Waals surface area contributed by atoms with E-state index in [2.05, 4.69) is 15.6 Å². The quantitative estimate of drug-likeness (QED) is 0.363. The van der Waals surface area contributed by atoms with Gasteiger partial charge in [-0.2, -0.15) is 0 Å². The summed E-state index contributed by atoms with van der Waals surface area (Å²) in [6, 6.07) is 15.8. The number of pyridine rings is 1. The standard InChI is InChI=1S/C25H22FN5OS/c1-14(15-5-4-6-17(26)11-15)28-23(32)19-13-31(3)22-10-7-16(12-18(19)22)20-8-9-21-24(29-20)33-25(27-2)30-21/h4-14H,1-3H3,(H,27,30)(H,28,32). The van der Waals surface area contributed by atoms with Gasteiger partial charge in [0.2, 0.25) is 0 Å². The first-order chi connectivity index (χ1) is 15.9. The molecule has 0 spiro atoms. The Labute approximate surface area is 194 Å². The summed E-state index contributed by atoms with van der Waals surface area (Å²) in [6.45, 7) is 1.84. The average Bonchev–Trinajstić information content (AvgIpc) is 3.39. The Hall–Kier alpha value is -3.78. The predicted molar refractivity (Wildman–Crippen MR) is 131 cm³/mol. The molecule has 5 aromatic rings. The first kappa shape index (κ1) is 21.1.